The van der Waals surface area contributed by atoms with Crippen molar-refractivity contribution < 1.29 is 23.9 Å². The summed E-state index contributed by atoms with van der Waals surface area (Å²) >= 11 is 2.94. The van der Waals surface area contributed by atoms with Crippen LogP contribution in [0.5, 0.6) is 11.5 Å². The Kier molecular flexibility index (Phi) is 6.80. The first-order valence-electron chi connectivity index (χ1n) is 8.44. The summed E-state index contributed by atoms with van der Waals surface area (Å²) in [7, 11) is 3.01. The van der Waals surface area contributed by atoms with E-state index in [0.717, 1.165) is 20.2 Å². The van der Waals surface area contributed by atoms with Crippen molar-refractivity contribution in [2.24, 2.45) is 0 Å². The van der Waals surface area contributed by atoms with Gasteiger partial charge in [0.1, 0.15) is 6.54 Å². The molecule has 0 atom stereocenters. The highest BCUT2D eigenvalue weighted by Gasteiger charge is 2.36. The number of nitrogens with zero attached hydrogens (tertiary/aromatic N) is 1. The maximum absolute atomic E-state index is 12.7. The van der Waals surface area contributed by atoms with E-state index in [1.54, 1.807) is 36.4 Å². The van der Waals surface area contributed by atoms with Crippen LogP contribution in [0.15, 0.2) is 47.4 Å². The molecule has 2 aromatic carbocycles. The van der Waals surface area contributed by atoms with Crippen molar-refractivity contribution in [3.63, 3.8) is 0 Å². The molecule has 0 saturated carbocycles. The fraction of sp³-hybridized carbons (Fsp3) is 0.150. The monoisotopic (exact) mass is 524 g/mol. The second-order valence-corrected chi connectivity index (χ2v) is 8.14. The van der Waals surface area contributed by atoms with Crippen molar-refractivity contribution in [1.82, 2.24) is 4.90 Å². The van der Waals surface area contributed by atoms with Gasteiger partial charge in [0, 0.05) is 14.8 Å². The van der Waals surface area contributed by atoms with Crippen LogP contribution in [0.2, 0.25) is 0 Å². The number of benzene rings is 2. The number of para-hydroxylation sites is 1. The number of thioether (sulfide) groups is 1. The zero-order valence-electron chi connectivity index (χ0n) is 15.6. The average molecular weight is 524 g/mol. The lowest BCUT2D eigenvalue weighted by Gasteiger charge is -2.12. The Bertz CT molecular complexity index is 991. The van der Waals surface area contributed by atoms with Crippen LogP contribution >= 0.6 is 34.4 Å². The molecule has 150 valence electrons. The van der Waals surface area contributed by atoms with Gasteiger partial charge in [0.15, 0.2) is 11.5 Å². The molecule has 1 heterocycles. The quantitative estimate of drug-likeness (QED) is 0.455. The van der Waals surface area contributed by atoms with Crippen LogP contribution in [0, 0.1) is 3.57 Å². The number of anilines is 1. The van der Waals surface area contributed by atoms with Gasteiger partial charge in [0.25, 0.3) is 11.1 Å². The fourth-order valence-electron chi connectivity index (χ4n) is 2.68. The topological polar surface area (TPSA) is 84.9 Å². The van der Waals surface area contributed by atoms with Crippen LogP contribution in [0.25, 0.3) is 6.08 Å². The normalized spacial score (nSPS) is 15.0. The molecular formula is C20H17IN2O5S. The van der Waals surface area contributed by atoms with Gasteiger partial charge in [0.2, 0.25) is 5.91 Å². The van der Waals surface area contributed by atoms with Gasteiger partial charge in [-0.05, 0) is 70.8 Å². The number of hydrogen-bond donors (Lipinski definition) is 1. The van der Waals surface area contributed by atoms with Gasteiger partial charge in [0.05, 0.1) is 19.1 Å². The van der Waals surface area contributed by atoms with Crippen molar-refractivity contribution >= 4 is 63.2 Å². The molecule has 0 aromatic heterocycles. The molecular weight excluding hydrogens is 507 g/mol. The number of ether oxygens (including phenoxy) is 2. The molecule has 3 amide bonds. The summed E-state index contributed by atoms with van der Waals surface area (Å²) in [5.74, 6) is -0.00742. The summed E-state index contributed by atoms with van der Waals surface area (Å²) in [6.45, 7) is -0.358. The number of nitrogens with one attached hydrogen (secondary N) is 1. The molecule has 0 radical (unpaired) electrons. The molecule has 1 saturated heterocycles. The highest BCUT2D eigenvalue weighted by Crippen LogP contribution is 2.37. The Labute approximate surface area is 185 Å². The summed E-state index contributed by atoms with van der Waals surface area (Å²) in [5, 5.41) is 2.18. The first kappa shape index (κ1) is 21.2. The predicted molar refractivity (Wildman–Crippen MR) is 120 cm³/mol. The summed E-state index contributed by atoms with van der Waals surface area (Å²) < 4.78 is 11.6. The standard InChI is InChI=1S/C20H17IN2O5S/c1-27-15-5-3-4-12(18(15)28-2)10-16-19(25)23(20(26)29-16)11-17(24)22-14-8-6-13(21)7-9-14/h3-10H,11H2,1-2H3,(H,22,24)/b16-10+. The second kappa shape index (κ2) is 9.31. The van der Waals surface area contributed by atoms with E-state index in [1.807, 2.05) is 12.1 Å². The van der Waals surface area contributed by atoms with E-state index < -0.39 is 17.1 Å². The van der Waals surface area contributed by atoms with Gasteiger partial charge in [-0.15, -0.1) is 0 Å². The second-order valence-electron chi connectivity index (χ2n) is 5.91. The molecule has 2 aromatic rings. The molecule has 0 unspecified atom stereocenters. The molecule has 1 aliphatic rings. The highest BCUT2D eigenvalue weighted by molar-refractivity contribution is 14.1. The molecule has 0 aliphatic carbocycles. The van der Waals surface area contributed by atoms with Crippen LogP contribution < -0.4 is 14.8 Å². The smallest absolute Gasteiger partial charge is 0.294 e. The minimum absolute atomic E-state index is 0.212. The summed E-state index contributed by atoms with van der Waals surface area (Å²) in [5.41, 5.74) is 1.19. The van der Waals surface area contributed by atoms with Gasteiger partial charge in [-0.3, -0.25) is 19.3 Å². The summed E-state index contributed by atoms with van der Waals surface area (Å²) in [6, 6.07) is 12.4. The minimum atomic E-state index is -0.525. The zero-order chi connectivity index (χ0) is 21.0. The van der Waals surface area contributed by atoms with Gasteiger partial charge >= 0.3 is 0 Å². The van der Waals surface area contributed by atoms with E-state index >= 15 is 0 Å². The van der Waals surface area contributed by atoms with Crippen LogP contribution in [0.1, 0.15) is 5.56 Å². The molecule has 0 bridgehead atoms. The van der Waals surface area contributed by atoms with Crippen molar-refractivity contribution in [1.29, 1.82) is 0 Å². The number of rotatable bonds is 6. The Morgan fingerprint density at radius 1 is 1.14 bits per heavy atom. The lowest BCUT2D eigenvalue weighted by atomic mass is 10.1. The largest absolute Gasteiger partial charge is 0.493 e. The predicted octanol–water partition coefficient (Wildman–Crippen LogP) is 3.98. The minimum Gasteiger partial charge on any atom is -0.493 e. The third kappa shape index (κ3) is 4.91. The molecule has 7 nitrogen and oxygen atoms in total. The van der Waals surface area contributed by atoms with Crippen LogP contribution in [-0.4, -0.2) is 42.7 Å². The summed E-state index contributed by atoms with van der Waals surface area (Å²) in [6.07, 6.45) is 1.56. The molecule has 0 spiro atoms. The lowest BCUT2D eigenvalue weighted by molar-refractivity contribution is -0.127. The molecule has 1 aliphatic heterocycles. The van der Waals surface area contributed by atoms with Gasteiger partial charge < -0.3 is 14.8 Å². The van der Waals surface area contributed by atoms with E-state index in [2.05, 4.69) is 27.9 Å². The number of halogens is 1. The number of carbonyl (C=O) groups excluding carboxylic acids is 3. The maximum atomic E-state index is 12.7. The van der Waals surface area contributed by atoms with Crippen LogP contribution in [0.4, 0.5) is 10.5 Å². The van der Waals surface area contributed by atoms with Crippen molar-refractivity contribution in [2.45, 2.75) is 0 Å². The van der Waals surface area contributed by atoms with Gasteiger partial charge in [-0.2, -0.15) is 0 Å². The first-order chi connectivity index (χ1) is 13.9. The Morgan fingerprint density at radius 3 is 2.52 bits per heavy atom. The third-order valence-corrected chi connectivity index (χ3v) is 5.65. The molecule has 3 rings (SSSR count). The SMILES string of the molecule is COc1cccc(/C=C2/SC(=O)N(CC(=O)Nc3ccc(I)cc3)C2=O)c1OC. The number of carbonyl (C=O) groups is 3. The number of amides is 3. The number of methoxy groups -OCH3 is 2. The lowest BCUT2D eigenvalue weighted by Crippen LogP contribution is -2.36. The zero-order valence-corrected chi connectivity index (χ0v) is 18.6. The van der Waals surface area contributed by atoms with E-state index in [4.69, 9.17) is 9.47 Å². The molecule has 29 heavy (non-hydrogen) atoms. The van der Waals surface area contributed by atoms with Crippen LogP contribution in [0.3, 0.4) is 0 Å². The molecule has 1 N–H and O–H groups in total. The third-order valence-electron chi connectivity index (χ3n) is 4.02. The Hall–Kier alpha value is -2.53. The van der Waals surface area contributed by atoms with E-state index in [-0.39, 0.29) is 11.4 Å². The van der Waals surface area contributed by atoms with Gasteiger partial charge in [-0.1, -0.05) is 12.1 Å². The fourth-order valence-corrected chi connectivity index (χ4v) is 3.87. The van der Waals surface area contributed by atoms with E-state index in [0.29, 0.717) is 22.7 Å². The Morgan fingerprint density at radius 2 is 1.86 bits per heavy atom. The maximum Gasteiger partial charge on any atom is 0.294 e. The average Bonchev–Trinajstić information content (AvgIpc) is 2.96. The highest BCUT2D eigenvalue weighted by atomic mass is 127. The van der Waals surface area contributed by atoms with E-state index in [1.165, 1.54) is 14.2 Å². The summed E-state index contributed by atoms with van der Waals surface area (Å²) in [4.78, 5) is 38.4. The van der Waals surface area contributed by atoms with Crippen molar-refractivity contribution in [3.05, 3.63) is 56.5 Å². The van der Waals surface area contributed by atoms with E-state index in [9.17, 15) is 14.4 Å². The number of hydrogen-bond acceptors (Lipinski definition) is 6. The molecule has 9 heteroatoms. The van der Waals surface area contributed by atoms with Gasteiger partial charge in [-0.25, -0.2) is 0 Å². The van der Waals surface area contributed by atoms with Crippen molar-refractivity contribution in [3.8, 4) is 11.5 Å². The number of imide groups is 1. The Balaban J connectivity index is 1.75. The van der Waals surface area contributed by atoms with Crippen molar-refractivity contribution in [2.75, 3.05) is 26.1 Å². The molecule has 1 fully saturated rings. The first-order valence-corrected chi connectivity index (χ1v) is 10.3. The van der Waals surface area contributed by atoms with Crippen LogP contribution in [-0.2, 0) is 9.59 Å².